The molecule has 0 bridgehead atoms. The minimum atomic E-state index is -4.42. The highest BCUT2D eigenvalue weighted by molar-refractivity contribution is 5.79. The van der Waals surface area contributed by atoms with Crippen LogP contribution in [0.25, 0.3) is 0 Å². The molecule has 1 aliphatic rings. The number of benzene rings is 1. The van der Waals surface area contributed by atoms with Crippen molar-refractivity contribution in [2.24, 2.45) is 0 Å². The molecule has 0 N–H and O–H groups in total. The lowest BCUT2D eigenvalue weighted by Crippen LogP contribution is -2.49. The molecule has 0 spiro atoms. The summed E-state index contributed by atoms with van der Waals surface area (Å²) >= 11 is 0. The van der Waals surface area contributed by atoms with E-state index >= 15 is 0 Å². The van der Waals surface area contributed by atoms with Crippen molar-refractivity contribution in [3.05, 3.63) is 48.3 Å². The minimum absolute atomic E-state index is 0.00410. The number of hydrogen-bond donors (Lipinski definition) is 0. The quantitative estimate of drug-likeness (QED) is 0.797. The van der Waals surface area contributed by atoms with E-state index in [2.05, 4.69) is 9.97 Å². The van der Waals surface area contributed by atoms with E-state index in [1.165, 1.54) is 6.07 Å². The van der Waals surface area contributed by atoms with Gasteiger partial charge in [-0.25, -0.2) is 9.97 Å². The molecule has 9 heteroatoms. The zero-order valence-electron chi connectivity index (χ0n) is 14.5. The number of carbonyl (C=O) groups is 1. The summed E-state index contributed by atoms with van der Waals surface area (Å²) in [5.41, 5.74) is 0.445. The van der Waals surface area contributed by atoms with Crippen molar-refractivity contribution in [3.8, 4) is 5.75 Å². The number of amides is 1. The third kappa shape index (κ3) is 5.32. The first-order valence-electron chi connectivity index (χ1n) is 8.49. The van der Waals surface area contributed by atoms with E-state index in [9.17, 15) is 18.0 Å². The highest BCUT2D eigenvalue weighted by Gasteiger charge is 2.29. The third-order valence-corrected chi connectivity index (χ3v) is 4.17. The van der Waals surface area contributed by atoms with E-state index in [-0.39, 0.29) is 18.1 Å². The number of carbonyl (C=O) groups excluding carboxylic acids is 1. The lowest BCUT2D eigenvalue weighted by Gasteiger charge is -2.34. The second-order valence-corrected chi connectivity index (χ2v) is 6.10. The standard InChI is InChI=1S/C18H19F3N4O2/c19-18(20,21)13-27-15-5-2-1-4-14(15)12-16(26)24-8-10-25(11-9-24)17-22-6-3-7-23-17/h1-7H,8-13H2. The van der Waals surface area contributed by atoms with Crippen LogP contribution in [0.2, 0.25) is 0 Å². The molecule has 6 nitrogen and oxygen atoms in total. The number of hydrogen-bond acceptors (Lipinski definition) is 5. The van der Waals surface area contributed by atoms with Crippen LogP contribution in [-0.4, -0.2) is 59.7 Å². The Kier molecular flexibility index (Phi) is 5.78. The number of nitrogens with zero attached hydrogens (tertiary/aromatic N) is 4. The molecule has 1 aromatic carbocycles. The Labute approximate surface area is 154 Å². The fraction of sp³-hybridized carbons (Fsp3) is 0.389. The monoisotopic (exact) mass is 380 g/mol. The Bertz CT molecular complexity index is 763. The van der Waals surface area contributed by atoms with Crippen LogP contribution in [0.15, 0.2) is 42.7 Å². The van der Waals surface area contributed by atoms with Crippen molar-refractivity contribution in [1.29, 1.82) is 0 Å². The van der Waals surface area contributed by atoms with E-state index in [1.807, 2.05) is 4.90 Å². The van der Waals surface area contributed by atoms with E-state index < -0.39 is 12.8 Å². The SMILES string of the molecule is O=C(Cc1ccccc1OCC(F)(F)F)N1CCN(c2ncccn2)CC1. The molecular weight excluding hydrogens is 361 g/mol. The number of alkyl halides is 3. The van der Waals surface area contributed by atoms with Gasteiger partial charge in [0.05, 0.1) is 6.42 Å². The molecule has 144 valence electrons. The van der Waals surface area contributed by atoms with Crippen LogP contribution in [0, 0.1) is 0 Å². The predicted molar refractivity (Wildman–Crippen MR) is 92.5 cm³/mol. The number of aromatic nitrogens is 2. The molecule has 1 aromatic heterocycles. The second kappa shape index (κ2) is 8.24. The van der Waals surface area contributed by atoms with Gasteiger partial charge in [-0.3, -0.25) is 4.79 Å². The maximum Gasteiger partial charge on any atom is 0.422 e. The predicted octanol–water partition coefficient (Wildman–Crippen LogP) is 2.31. The van der Waals surface area contributed by atoms with E-state index in [4.69, 9.17) is 4.74 Å². The molecule has 3 rings (SSSR count). The second-order valence-electron chi connectivity index (χ2n) is 6.10. The zero-order chi connectivity index (χ0) is 19.3. The Morgan fingerprint density at radius 2 is 1.70 bits per heavy atom. The molecule has 1 amide bonds. The van der Waals surface area contributed by atoms with Gasteiger partial charge in [0.1, 0.15) is 5.75 Å². The first-order chi connectivity index (χ1) is 12.9. The molecule has 0 saturated carbocycles. The van der Waals surface area contributed by atoms with Gasteiger partial charge in [-0.15, -0.1) is 0 Å². The summed E-state index contributed by atoms with van der Waals surface area (Å²) in [4.78, 5) is 24.6. The van der Waals surface area contributed by atoms with Crippen LogP contribution in [0.4, 0.5) is 19.1 Å². The summed E-state index contributed by atoms with van der Waals surface area (Å²) in [6.45, 7) is 0.823. The Hall–Kier alpha value is -2.84. The van der Waals surface area contributed by atoms with E-state index in [0.717, 1.165) is 0 Å². The highest BCUT2D eigenvalue weighted by atomic mass is 19.4. The molecule has 1 saturated heterocycles. The minimum Gasteiger partial charge on any atom is -0.484 e. The van der Waals surface area contributed by atoms with Gasteiger partial charge in [-0.1, -0.05) is 18.2 Å². The molecule has 0 aliphatic carbocycles. The van der Waals surface area contributed by atoms with E-state index in [0.29, 0.717) is 37.7 Å². The van der Waals surface area contributed by atoms with Gasteiger partial charge < -0.3 is 14.5 Å². The molecule has 1 fully saturated rings. The number of rotatable bonds is 5. The smallest absolute Gasteiger partial charge is 0.422 e. The van der Waals surface area contributed by atoms with Gasteiger partial charge in [0, 0.05) is 44.1 Å². The van der Waals surface area contributed by atoms with Crippen molar-refractivity contribution < 1.29 is 22.7 Å². The van der Waals surface area contributed by atoms with Crippen LogP contribution in [-0.2, 0) is 11.2 Å². The van der Waals surface area contributed by atoms with Gasteiger partial charge in [-0.2, -0.15) is 13.2 Å². The lowest BCUT2D eigenvalue weighted by atomic mass is 10.1. The summed E-state index contributed by atoms with van der Waals surface area (Å²) in [6, 6.07) is 8.05. The molecule has 0 unspecified atom stereocenters. The van der Waals surface area contributed by atoms with Crippen molar-refractivity contribution in [3.63, 3.8) is 0 Å². The maximum absolute atomic E-state index is 12.6. The Balaban J connectivity index is 1.57. The van der Waals surface area contributed by atoms with Crippen molar-refractivity contribution >= 4 is 11.9 Å². The summed E-state index contributed by atoms with van der Waals surface area (Å²) in [5, 5.41) is 0. The van der Waals surface area contributed by atoms with E-state index in [1.54, 1.807) is 41.6 Å². The van der Waals surface area contributed by atoms with Crippen LogP contribution in [0.5, 0.6) is 5.75 Å². The average molecular weight is 380 g/mol. The topological polar surface area (TPSA) is 58.6 Å². The van der Waals surface area contributed by atoms with Gasteiger partial charge >= 0.3 is 6.18 Å². The first kappa shape index (κ1) is 18.9. The number of anilines is 1. The van der Waals surface area contributed by atoms with Crippen LogP contribution >= 0.6 is 0 Å². The van der Waals surface area contributed by atoms with Crippen molar-refractivity contribution in [2.75, 3.05) is 37.7 Å². The first-order valence-corrected chi connectivity index (χ1v) is 8.49. The maximum atomic E-state index is 12.6. The van der Waals surface area contributed by atoms with Crippen LogP contribution in [0.1, 0.15) is 5.56 Å². The fourth-order valence-corrected chi connectivity index (χ4v) is 2.84. The number of halogens is 3. The number of piperazine rings is 1. The van der Waals surface area contributed by atoms with Gasteiger partial charge in [-0.05, 0) is 12.1 Å². The molecule has 0 radical (unpaired) electrons. The van der Waals surface area contributed by atoms with Crippen LogP contribution in [0.3, 0.4) is 0 Å². The molecule has 1 aliphatic heterocycles. The molecule has 2 heterocycles. The zero-order valence-corrected chi connectivity index (χ0v) is 14.5. The molecule has 27 heavy (non-hydrogen) atoms. The summed E-state index contributed by atoms with van der Waals surface area (Å²) < 4.78 is 42.0. The molecule has 2 aromatic rings. The van der Waals surface area contributed by atoms with Gasteiger partial charge in [0.25, 0.3) is 0 Å². The van der Waals surface area contributed by atoms with Crippen molar-refractivity contribution in [2.45, 2.75) is 12.6 Å². The highest BCUT2D eigenvalue weighted by Crippen LogP contribution is 2.23. The number of ether oxygens (including phenoxy) is 1. The number of para-hydroxylation sites is 1. The lowest BCUT2D eigenvalue weighted by molar-refractivity contribution is -0.153. The largest absolute Gasteiger partial charge is 0.484 e. The fourth-order valence-electron chi connectivity index (χ4n) is 2.84. The third-order valence-electron chi connectivity index (χ3n) is 4.17. The van der Waals surface area contributed by atoms with Gasteiger partial charge in [0.15, 0.2) is 6.61 Å². The average Bonchev–Trinajstić information content (AvgIpc) is 2.67. The summed E-state index contributed by atoms with van der Waals surface area (Å²) in [6.07, 6.45) is -1.10. The summed E-state index contributed by atoms with van der Waals surface area (Å²) in [7, 11) is 0. The molecule has 0 atom stereocenters. The normalized spacial score (nSPS) is 14.9. The van der Waals surface area contributed by atoms with Crippen LogP contribution < -0.4 is 9.64 Å². The van der Waals surface area contributed by atoms with Gasteiger partial charge in [0.2, 0.25) is 11.9 Å². The Morgan fingerprint density at radius 3 is 2.37 bits per heavy atom. The Morgan fingerprint density at radius 1 is 1.04 bits per heavy atom. The summed E-state index contributed by atoms with van der Waals surface area (Å²) in [5.74, 6) is 0.557. The molecular formula is C18H19F3N4O2. The van der Waals surface area contributed by atoms with Crippen molar-refractivity contribution in [1.82, 2.24) is 14.9 Å².